The predicted octanol–water partition coefficient (Wildman–Crippen LogP) is 4.88. The number of anilines is 2. The molecule has 0 aliphatic carbocycles. The van der Waals surface area contributed by atoms with Gasteiger partial charge in [-0.15, -0.1) is 0 Å². The van der Waals surface area contributed by atoms with Crippen LogP contribution in [0.1, 0.15) is 48.9 Å². The van der Waals surface area contributed by atoms with Crippen LogP contribution in [0, 0.1) is 0 Å². The van der Waals surface area contributed by atoms with Gasteiger partial charge in [0.05, 0.1) is 7.11 Å². The third-order valence-corrected chi connectivity index (χ3v) is 7.41. The molecule has 1 amide bonds. The van der Waals surface area contributed by atoms with Crippen molar-refractivity contribution in [2.24, 2.45) is 0 Å². The van der Waals surface area contributed by atoms with E-state index in [1.807, 2.05) is 36.9 Å². The first-order valence-electron chi connectivity index (χ1n) is 11.1. The third kappa shape index (κ3) is 3.13. The Kier molecular flexibility index (Phi) is 4.88. The predicted molar refractivity (Wildman–Crippen MR) is 125 cm³/mol. The maximum Gasteiger partial charge on any atom is 0.411 e. The molecule has 0 fully saturated rings. The van der Waals surface area contributed by atoms with Crippen LogP contribution >= 0.6 is 0 Å². The highest BCUT2D eigenvalue weighted by molar-refractivity contribution is 5.87. The van der Waals surface area contributed by atoms with Crippen molar-refractivity contribution in [1.82, 2.24) is 9.97 Å². The van der Waals surface area contributed by atoms with Crippen LogP contribution in [-0.4, -0.2) is 36.3 Å². The van der Waals surface area contributed by atoms with Gasteiger partial charge in [-0.1, -0.05) is 26.0 Å². The van der Waals surface area contributed by atoms with Gasteiger partial charge < -0.3 is 9.64 Å². The summed E-state index contributed by atoms with van der Waals surface area (Å²) in [5.74, 6) is 0. The van der Waals surface area contributed by atoms with Crippen LogP contribution in [0.5, 0.6) is 0 Å². The minimum atomic E-state index is -0.466. The third-order valence-electron chi connectivity index (χ3n) is 7.41. The maximum atomic E-state index is 12.1. The molecule has 164 valence electrons. The van der Waals surface area contributed by atoms with Crippen LogP contribution in [0.15, 0.2) is 61.2 Å². The van der Waals surface area contributed by atoms with Crippen LogP contribution in [0.2, 0.25) is 0 Å². The van der Waals surface area contributed by atoms with Crippen LogP contribution in [-0.2, 0) is 15.6 Å². The number of carbonyl (C=O) groups is 1. The van der Waals surface area contributed by atoms with E-state index in [9.17, 15) is 4.79 Å². The molecule has 2 unspecified atom stereocenters. The number of ether oxygens (including phenoxy) is 1. The van der Waals surface area contributed by atoms with E-state index in [4.69, 9.17) is 4.74 Å². The highest BCUT2D eigenvalue weighted by Gasteiger charge is 2.45. The average Bonchev–Trinajstić information content (AvgIpc) is 2.84. The summed E-state index contributed by atoms with van der Waals surface area (Å²) in [6, 6.07) is 12.5. The van der Waals surface area contributed by atoms with E-state index in [1.165, 1.54) is 35.1 Å². The second kappa shape index (κ2) is 7.62. The number of benzene rings is 1. The first kappa shape index (κ1) is 20.5. The molecule has 3 aromatic rings. The summed E-state index contributed by atoms with van der Waals surface area (Å²) in [7, 11) is 1.39. The van der Waals surface area contributed by atoms with Crippen molar-refractivity contribution < 1.29 is 9.53 Å². The Morgan fingerprint density at radius 3 is 1.94 bits per heavy atom. The Hall–Kier alpha value is -3.41. The number of hydrogen-bond acceptors (Lipinski definition) is 5. The smallest absolute Gasteiger partial charge is 0.411 e. The zero-order chi connectivity index (χ0) is 22.3. The van der Waals surface area contributed by atoms with Gasteiger partial charge in [-0.25, -0.2) is 4.79 Å². The van der Waals surface area contributed by atoms with Crippen molar-refractivity contribution in [1.29, 1.82) is 0 Å². The zero-order valence-electron chi connectivity index (χ0n) is 18.8. The number of rotatable bonds is 3. The average molecular weight is 429 g/mol. The quantitative estimate of drug-likeness (QED) is 0.644. The van der Waals surface area contributed by atoms with Gasteiger partial charge in [-0.05, 0) is 59.4 Å². The number of carbonyl (C=O) groups excluding carboxylic acids is 1. The summed E-state index contributed by atoms with van der Waals surface area (Å²) >= 11 is 0. The molecule has 1 N–H and O–H groups in total. The van der Waals surface area contributed by atoms with Crippen molar-refractivity contribution in [2.45, 2.75) is 37.5 Å². The molecule has 0 saturated heterocycles. The molecule has 2 atom stereocenters. The molecule has 2 aliphatic heterocycles. The van der Waals surface area contributed by atoms with E-state index in [0.717, 1.165) is 31.6 Å². The minimum absolute atomic E-state index is 0.212. The molecule has 2 aliphatic rings. The molecule has 0 radical (unpaired) electrons. The fourth-order valence-electron chi connectivity index (χ4n) is 5.36. The molecule has 4 heterocycles. The van der Waals surface area contributed by atoms with Gasteiger partial charge in [0.25, 0.3) is 0 Å². The van der Waals surface area contributed by atoms with Crippen molar-refractivity contribution in [2.75, 3.05) is 30.4 Å². The van der Waals surface area contributed by atoms with E-state index in [0.29, 0.717) is 0 Å². The van der Waals surface area contributed by atoms with Gasteiger partial charge in [-0.3, -0.25) is 15.3 Å². The van der Waals surface area contributed by atoms with Gasteiger partial charge in [0, 0.05) is 60.1 Å². The Morgan fingerprint density at radius 1 is 0.969 bits per heavy atom. The number of amides is 1. The van der Waals surface area contributed by atoms with Gasteiger partial charge >= 0.3 is 6.09 Å². The van der Waals surface area contributed by atoms with Crippen LogP contribution in [0.3, 0.4) is 0 Å². The zero-order valence-corrected chi connectivity index (χ0v) is 18.8. The second-order valence-corrected chi connectivity index (χ2v) is 9.17. The van der Waals surface area contributed by atoms with E-state index in [2.05, 4.69) is 58.3 Å². The lowest BCUT2D eigenvalue weighted by molar-refractivity contribution is 0.187. The fraction of sp³-hybridized carbons (Fsp3) is 0.346. The maximum absolute atomic E-state index is 12.1. The minimum Gasteiger partial charge on any atom is -0.453 e. The SMILES string of the molecule is COC(=O)Nc1cc2c3c(c1)C(C)(c1cccnc1)CCN3CCC2(C)c1cccnc1. The number of nitrogens with zero attached hydrogens (tertiary/aromatic N) is 3. The number of aromatic nitrogens is 2. The molecular weight excluding hydrogens is 400 g/mol. The van der Waals surface area contributed by atoms with E-state index in [1.54, 1.807) is 0 Å². The van der Waals surface area contributed by atoms with Crippen molar-refractivity contribution >= 4 is 17.5 Å². The van der Waals surface area contributed by atoms with Crippen molar-refractivity contribution in [3.8, 4) is 0 Å². The molecule has 6 nitrogen and oxygen atoms in total. The number of methoxy groups -OCH3 is 1. The highest BCUT2D eigenvalue weighted by atomic mass is 16.5. The summed E-state index contributed by atoms with van der Waals surface area (Å²) < 4.78 is 4.90. The van der Waals surface area contributed by atoms with Gasteiger partial charge in [0.2, 0.25) is 0 Å². The van der Waals surface area contributed by atoms with Crippen LogP contribution < -0.4 is 10.2 Å². The van der Waals surface area contributed by atoms with Crippen LogP contribution in [0.4, 0.5) is 16.2 Å². The molecule has 0 bridgehead atoms. The molecule has 0 saturated carbocycles. The first-order valence-corrected chi connectivity index (χ1v) is 11.1. The summed E-state index contributed by atoms with van der Waals surface area (Å²) in [6.07, 6.45) is 9.05. The summed E-state index contributed by atoms with van der Waals surface area (Å²) in [5, 5.41) is 2.92. The second-order valence-electron chi connectivity index (χ2n) is 9.17. The fourth-order valence-corrected chi connectivity index (χ4v) is 5.36. The Balaban J connectivity index is 1.77. The first-order chi connectivity index (χ1) is 15.5. The highest BCUT2D eigenvalue weighted by Crippen LogP contribution is 2.53. The van der Waals surface area contributed by atoms with Gasteiger partial charge in [0.15, 0.2) is 0 Å². The molecular formula is C26H28N4O2. The number of nitrogens with one attached hydrogen (secondary N) is 1. The van der Waals surface area contributed by atoms with E-state index >= 15 is 0 Å². The van der Waals surface area contributed by atoms with Crippen LogP contribution in [0.25, 0.3) is 0 Å². The topological polar surface area (TPSA) is 67.3 Å². The largest absolute Gasteiger partial charge is 0.453 e. The Morgan fingerprint density at radius 2 is 1.50 bits per heavy atom. The molecule has 0 spiro atoms. The van der Waals surface area contributed by atoms with Crippen molar-refractivity contribution in [3.63, 3.8) is 0 Å². The molecule has 6 heteroatoms. The number of pyridine rings is 2. The summed E-state index contributed by atoms with van der Waals surface area (Å²) in [4.78, 5) is 23.4. The van der Waals surface area contributed by atoms with Crippen molar-refractivity contribution in [3.05, 3.63) is 83.4 Å². The number of hydrogen-bond donors (Lipinski definition) is 1. The monoisotopic (exact) mass is 428 g/mol. The lowest BCUT2D eigenvalue weighted by atomic mass is 9.64. The molecule has 32 heavy (non-hydrogen) atoms. The Labute approximate surface area is 188 Å². The van der Waals surface area contributed by atoms with Gasteiger partial charge in [0.1, 0.15) is 0 Å². The van der Waals surface area contributed by atoms with E-state index < -0.39 is 6.09 Å². The molecule has 5 rings (SSSR count). The lowest BCUT2D eigenvalue weighted by Crippen LogP contribution is -2.47. The lowest BCUT2D eigenvalue weighted by Gasteiger charge is -2.50. The standard InChI is InChI=1S/C26H28N4O2/c1-25(18-6-4-10-27-16-18)8-12-30-13-9-26(2,19-7-5-11-28-17-19)22-15-20(29-24(31)32-3)14-21(25)23(22)30/h4-7,10-11,14-17H,8-9,12-13H2,1-3H3,(H,29,31). The normalized spacial score (nSPS) is 23.9. The Bertz CT molecular complexity index is 1070. The van der Waals surface area contributed by atoms with Gasteiger partial charge in [-0.2, -0.15) is 0 Å². The summed E-state index contributed by atoms with van der Waals surface area (Å²) in [5.41, 5.74) is 6.41. The summed E-state index contributed by atoms with van der Waals surface area (Å²) in [6.45, 7) is 6.54. The van der Waals surface area contributed by atoms with E-state index in [-0.39, 0.29) is 10.8 Å². The molecule has 1 aromatic carbocycles. The molecule has 2 aromatic heterocycles.